The van der Waals surface area contributed by atoms with Gasteiger partial charge >= 0.3 is 7.12 Å². The van der Waals surface area contributed by atoms with E-state index in [1.165, 1.54) is 11.1 Å². The van der Waals surface area contributed by atoms with Crippen LogP contribution in [-0.4, -0.2) is 87.8 Å². The summed E-state index contributed by atoms with van der Waals surface area (Å²) in [6, 6.07) is 21.3. The van der Waals surface area contributed by atoms with E-state index in [0.29, 0.717) is 36.4 Å². The summed E-state index contributed by atoms with van der Waals surface area (Å²) in [6.07, 6.45) is 3.64. The van der Waals surface area contributed by atoms with Crippen molar-refractivity contribution in [2.75, 3.05) is 0 Å². The first-order valence-electron chi connectivity index (χ1n) is 20.9. The summed E-state index contributed by atoms with van der Waals surface area (Å²) in [4.78, 5) is 9.02. The van der Waals surface area contributed by atoms with Crippen molar-refractivity contribution in [1.29, 1.82) is 0 Å². The van der Waals surface area contributed by atoms with Gasteiger partial charge in [-0.25, -0.2) is 0 Å². The molecular weight excluding hydrogens is 1030 g/mol. The second-order valence-electron chi connectivity index (χ2n) is 18.8. The molecule has 8 nitrogen and oxygen atoms in total. The van der Waals surface area contributed by atoms with Crippen molar-refractivity contribution in [3.63, 3.8) is 0 Å². The van der Waals surface area contributed by atoms with E-state index in [9.17, 15) is 0 Å². The minimum absolute atomic E-state index is 0.371. The highest BCUT2D eigenvalue weighted by Gasteiger charge is 2.52. The number of pyridine rings is 1. The molecule has 1 aliphatic heterocycles. The normalized spacial score (nSPS) is 14.4. The third kappa shape index (κ3) is 21.0. The molecule has 17 heteroatoms. The number of halogens is 6. The lowest BCUT2D eigenvalue weighted by Gasteiger charge is -2.32. The van der Waals surface area contributed by atoms with Crippen LogP contribution in [0.15, 0.2) is 86.9 Å². The van der Waals surface area contributed by atoms with Gasteiger partial charge < -0.3 is 29.7 Å². The molecule has 3 aromatic carbocycles. The molecule has 1 saturated heterocycles. The van der Waals surface area contributed by atoms with E-state index in [-0.39, 0.29) is 11.2 Å². The van der Waals surface area contributed by atoms with Crippen LogP contribution >= 0.6 is 78.3 Å². The molecule has 2 heterocycles. The van der Waals surface area contributed by atoms with E-state index in [1.54, 1.807) is 91.9 Å². The van der Waals surface area contributed by atoms with Crippen LogP contribution < -0.4 is 5.46 Å². The Kier molecular flexibility index (Phi) is 26.5. The quantitative estimate of drug-likeness (QED) is 0.0825. The molecule has 0 aliphatic carbocycles. The first kappa shape index (κ1) is 63.6. The number of rotatable bonds is 7. The van der Waals surface area contributed by atoms with Gasteiger partial charge in [-0.3, -0.25) is 9.98 Å². The first-order valence-corrected chi connectivity index (χ1v) is 23.9. The molecule has 356 valence electrons. The van der Waals surface area contributed by atoms with Gasteiger partial charge in [0.05, 0.1) is 80.2 Å². The van der Waals surface area contributed by atoms with E-state index < -0.39 is 29.5 Å². The van der Waals surface area contributed by atoms with Crippen molar-refractivity contribution in [2.24, 2.45) is 4.99 Å². The van der Waals surface area contributed by atoms with E-state index in [1.807, 2.05) is 52.1 Å². The van der Waals surface area contributed by atoms with Crippen molar-refractivity contribution in [3.8, 4) is 0 Å². The zero-order valence-corrected chi connectivity index (χ0v) is 46.9. The average Bonchev–Trinajstić information content (AvgIpc) is 3.41. The number of nitrogens with zero attached hydrogens (tertiary/aromatic N) is 2. The predicted octanol–water partition coefficient (Wildman–Crippen LogP) is 13.2. The summed E-state index contributed by atoms with van der Waals surface area (Å²) in [6.45, 7) is 29.5. The molecule has 1 aromatic heterocycles. The van der Waals surface area contributed by atoms with Crippen LogP contribution in [0, 0.1) is 0 Å². The molecule has 0 unspecified atom stereocenters. The highest BCUT2D eigenvalue weighted by atomic mass is 79.9. The molecule has 4 N–H and O–H groups in total. The Morgan fingerprint density at radius 1 is 0.615 bits per heavy atom. The summed E-state index contributed by atoms with van der Waals surface area (Å²) in [7, 11) is 7.55. The SMILES string of the molecule is CC(C)(O)C(C)(C)O.CC(C)(O)C(C)(C)O.CC(C)c1cccc(C(C)C)c1N=Cc1ccccn1.CC1(C)OB(c2cc(Cl)c(Br)c(Cl)c2)OC1(C)C.Clc1cccc(Cl)c1Br.[B][B]. The second kappa shape index (κ2) is 27.1. The maximum absolute atomic E-state index is 9.10. The Hall–Kier alpha value is -1.45. The molecule has 0 saturated carbocycles. The van der Waals surface area contributed by atoms with E-state index in [0.717, 1.165) is 21.3 Å². The van der Waals surface area contributed by atoms with Gasteiger partial charge in [0.1, 0.15) is 0 Å². The van der Waals surface area contributed by atoms with Gasteiger partial charge in [0.15, 0.2) is 0 Å². The Morgan fingerprint density at radius 3 is 1.28 bits per heavy atom. The number of para-hydroxylation sites is 1. The Morgan fingerprint density at radius 2 is 0.969 bits per heavy atom. The summed E-state index contributed by atoms with van der Waals surface area (Å²) in [5.74, 6) is 0.925. The fraction of sp³-hybridized carbons (Fsp3) is 0.500. The molecule has 0 spiro atoms. The Labute approximate surface area is 429 Å². The van der Waals surface area contributed by atoms with Crippen molar-refractivity contribution in [2.45, 2.75) is 156 Å². The monoisotopic (exact) mass is 1100 g/mol. The molecule has 65 heavy (non-hydrogen) atoms. The summed E-state index contributed by atoms with van der Waals surface area (Å²) in [5.41, 5.74) is 0.635. The molecule has 0 atom stereocenters. The topological polar surface area (TPSA) is 125 Å². The van der Waals surface area contributed by atoms with Crippen LogP contribution in [0.4, 0.5) is 5.69 Å². The number of hydrogen-bond donors (Lipinski definition) is 4. The van der Waals surface area contributed by atoms with E-state index in [2.05, 4.69) is 98.2 Å². The highest BCUT2D eigenvalue weighted by Crippen LogP contribution is 2.38. The van der Waals surface area contributed by atoms with Gasteiger partial charge in [0.2, 0.25) is 0 Å². The number of hydrogen-bond acceptors (Lipinski definition) is 8. The molecule has 1 fully saturated rings. The molecule has 4 radical (unpaired) electrons. The van der Waals surface area contributed by atoms with Crippen LogP contribution in [0.1, 0.15) is 139 Å². The largest absolute Gasteiger partial charge is 0.494 e. The third-order valence-electron chi connectivity index (χ3n) is 10.8. The van der Waals surface area contributed by atoms with E-state index in [4.69, 9.17) is 81.1 Å². The Balaban J connectivity index is 0.000000828. The zero-order valence-electron chi connectivity index (χ0n) is 40.7. The van der Waals surface area contributed by atoms with Crippen molar-refractivity contribution in [1.82, 2.24) is 4.98 Å². The number of aliphatic hydroxyl groups is 4. The van der Waals surface area contributed by atoms with Crippen molar-refractivity contribution < 1.29 is 29.7 Å². The lowest BCUT2D eigenvalue weighted by Crippen LogP contribution is -2.44. The van der Waals surface area contributed by atoms with E-state index >= 15 is 0 Å². The smallest absolute Gasteiger partial charge is 0.399 e. The molecule has 1 aliphatic rings. The van der Waals surface area contributed by atoms with Gasteiger partial charge in [-0.2, -0.15) is 0 Å². The molecule has 5 rings (SSSR count). The van der Waals surface area contributed by atoms with Gasteiger partial charge in [-0.15, -0.1) is 0 Å². The second-order valence-corrected chi connectivity index (χ2v) is 22.0. The summed E-state index contributed by atoms with van der Waals surface area (Å²) in [5, 5.41) is 38.8. The zero-order chi connectivity index (χ0) is 51.1. The fourth-order valence-electron chi connectivity index (χ4n) is 4.41. The lowest BCUT2D eigenvalue weighted by atomic mass is 9.79. The fourth-order valence-corrected chi connectivity index (χ4v) is 5.81. The highest BCUT2D eigenvalue weighted by molar-refractivity contribution is 9.11. The lowest BCUT2D eigenvalue weighted by molar-refractivity contribution is -0.107. The first-order chi connectivity index (χ1) is 29.4. The van der Waals surface area contributed by atoms with Crippen LogP contribution in [0.2, 0.25) is 20.1 Å². The Bertz CT molecular complexity index is 1950. The predicted molar refractivity (Wildman–Crippen MR) is 287 cm³/mol. The van der Waals surface area contributed by atoms with Gasteiger partial charge in [-0.05, 0) is 180 Å². The van der Waals surface area contributed by atoms with Crippen LogP contribution in [0.25, 0.3) is 0 Å². The number of aromatic nitrogens is 1. The number of benzene rings is 3. The van der Waals surface area contributed by atoms with Gasteiger partial charge in [0.25, 0.3) is 0 Å². The van der Waals surface area contributed by atoms with Crippen molar-refractivity contribution >= 4 is 118 Å². The van der Waals surface area contributed by atoms with Gasteiger partial charge in [-0.1, -0.05) is 104 Å². The van der Waals surface area contributed by atoms with Crippen LogP contribution in [-0.2, 0) is 9.31 Å². The minimum atomic E-state index is -1.01. The van der Waals surface area contributed by atoms with Gasteiger partial charge in [0, 0.05) is 21.7 Å². The maximum atomic E-state index is 9.10. The molecule has 0 bridgehead atoms. The summed E-state index contributed by atoms with van der Waals surface area (Å²) < 4.78 is 13.3. The minimum Gasteiger partial charge on any atom is -0.399 e. The molecular formula is C48H67B3Br2Cl4N2O6. The molecule has 0 amide bonds. The standard InChI is InChI=1S/C18H22N2.C12H14BBrCl2O2.C6H3BrCl2.2C6H14O2.B2/c1-13(2)16-9-7-10-17(14(3)4)18(16)20-12-15-8-5-6-11-19-15;1-11(2)12(3,4)18-13(17-11)7-5-8(15)10(14)9(16)6-7;7-6-4(8)2-1-3-5(6)9;2*1-5(2,7)6(3,4)8;1-2/h5-14H,1-4H3;5-6H,1-4H3;1-3H;2*7-8H,1-4H3;. The van der Waals surface area contributed by atoms with Crippen LogP contribution in [0.5, 0.6) is 0 Å². The average molecular weight is 1100 g/mol. The summed E-state index contributed by atoms with van der Waals surface area (Å²) >= 11 is 30.1. The molecule has 4 aromatic rings. The van der Waals surface area contributed by atoms with Crippen LogP contribution in [0.3, 0.4) is 0 Å². The maximum Gasteiger partial charge on any atom is 0.494 e. The van der Waals surface area contributed by atoms with Crippen molar-refractivity contribution in [3.05, 3.63) is 119 Å². The number of aliphatic imine (C=N–C) groups is 1. The third-order valence-corrected chi connectivity index (χ3v) is 14.6.